The predicted octanol–water partition coefficient (Wildman–Crippen LogP) is 4.98. The van der Waals surface area contributed by atoms with Crippen molar-refractivity contribution < 1.29 is 14.6 Å². The Morgan fingerprint density at radius 2 is 1.93 bits per heavy atom. The molecule has 0 bridgehead atoms. The number of phenolic OH excluding ortho intramolecular Hbond substituents is 1. The van der Waals surface area contributed by atoms with Gasteiger partial charge in [-0.1, -0.05) is 29.8 Å². The number of hydrogen-bond donors (Lipinski definition) is 1. The van der Waals surface area contributed by atoms with Crippen LogP contribution in [0.25, 0.3) is 10.6 Å². The zero-order valence-electron chi connectivity index (χ0n) is 15.1. The Morgan fingerprint density at radius 1 is 1.18 bits per heavy atom. The number of thiazole rings is 1. The Balaban J connectivity index is 1.51. The Kier molecular flexibility index (Phi) is 5.50. The molecule has 28 heavy (non-hydrogen) atoms. The van der Waals surface area contributed by atoms with Gasteiger partial charge in [0.1, 0.15) is 11.6 Å². The summed E-state index contributed by atoms with van der Waals surface area (Å²) in [5.74, 6) is 0.0576. The smallest absolute Gasteiger partial charge is 0.257 e. The number of phenols is 1. The van der Waals surface area contributed by atoms with Gasteiger partial charge in [0.15, 0.2) is 11.5 Å². The first kappa shape index (κ1) is 18.8. The van der Waals surface area contributed by atoms with Crippen molar-refractivity contribution in [3.05, 3.63) is 64.1 Å². The first-order valence-corrected chi connectivity index (χ1v) is 10.3. The fourth-order valence-electron chi connectivity index (χ4n) is 3.18. The second kappa shape index (κ2) is 8.20. The van der Waals surface area contributed by atoms with Gasteiger partial charge in [0, 0.05) is 29.1 Å². The molecule has 0 saturated carbocycles. The van der Waals surface area contributed by atoms with E-state index in [1.54, 1.807) is 17.0 Å². The number of likely N-dealkylation sites (tertiary alicyclic amines) is 1. The summed E-state index contributed by atoms with van der Waals surface area (Å²) in [4.78, 5) is 19.1. The van der Waals surface area contributed by atoms with Gasteiger partial charge in [-0.15, -0.1) is 11.3 Å². The molecule has 1 saturated heterocycles. The van der Waals surface area contributed by atoms with E-state index in [1.807, 2.05) is 29.6 Å². The van der Waals surface area contributed by atoms with Crippen LogP contribution in [0.2, 0.25) is 5.02 Å². The summed E-state index contributed by atoms with van der Waals surface area (Å²) in [6, 6.07) is 12.4. The number of amides is 1. The summed E-state index contributed by atoms with van der Waals surface area (Å²) < 4.78 is 5.83. The number of rotatable bonds is 5. The van der Waals surface area contributed by atoms with Gasteiger partial charge in [0.2, 0.25) is 0 Å². The molecule has 4 rings (SSSR count). The van der Waals surface area contributed by atoms with E-state index in [1.165, 1.54) is 17.4 Å². The van der Waals surface area contributed by atoms with Crippen molar-refractivity contribution in [3.8, 4) is 22.1 Å². The van der Waals surface area contributed by atoms with Crippen molar-refractivity contribution in [3.63, 3.8) is 0 Å². The van der Waals surface area contributed by atoms with Gasteiger partial charge in [0.25, 0.3) is 5.91 Å². The monoisotopic (exact) mass is 414 g/mol. The van der Waals surface area contributed by atoms with Gasteiger partial charge in [-0.2, -0.15) is 0 Å². The highest BCUT2D eigenvalue weighted by Crippen LogP contribution is 2.33. The molecular formula is C21H19ClN2O3S. The van der Waals surface area contributed by atoms with Crippen molar-refractivity contribution in [2.24, 2.45) is 0 Å². The minimum absolute atomic E-state index is 0.0433. The summed E-state index contributed by atoms with van der Waals surface area (Å²) >= 11 is 7.44. The third kappa shape index (κ3) is 3.98. The molecule has 1 amide bonds. The van der Waals surface area contributed by atoms with E-state index in [9.17, 15) is 9.90 Å². The van der Waals surface area contributed by atoms with Crippen LogP contribution in [-0.4, -0.2) is 34.0 Å². The second-order valence-electron chi connectivity index (χ2n) is 6.59. The molecule has 144 valence electrons. The normalized spacial score (nSPS) is 13.7. The number of aromatic hydroxyl groups is 1. The molecule has 2 aromatic carbocycles. The van der Waals surface area contributed by atoms with E-state index < -0.39 is 0 Å². The van der Waals surface area contributed by atoms with Crippen LogP contribution in [0.1, 0.15) is 28.9 Å². The number of para-hydroxylation sites is 1. The molecule has 0 radical (unpaired) electrons. The van der Waals surface area contributed by atoms with Gasteiger partial charge in [0.05, 0.1) is 11.3 Å². The van der Waals surface area contributed by atoms with E-state index in [0.29, 0.717) is 10.6 Å². The molecular weight excluding hydrogens is 396 g/mol. The molecule has 1 aromatic heterocycles. The highest BCUT2D eigenvalue weighted by molar-refractivity contribution is 7.13. The van der Waals surface area contributed by atoms with Gasteiger partial charge >= 0.3 is 0 Å². The topological polar surface area (TPSA) is 62.7 Å². The fourth-order valence-corrected chi connectivity index (χ4v) is 4.12. The highest BCUT2D eigenvalue weighted by atomic mass is 35.5. The van der Waals surface area contributed by atoms with Crippen molar-refractivity contribution in [2.75, 3.05) is 13.1 Å². The number of carbonyl (C=O) groups is 1. The molecule has 1 aliphatic rings. The fraction of sp³-hybridized carbons (Fsp3) is 0.238. The third-order valence-corrected chi connectivity index (χ3v) is 5.82. The molecule has 0 unspecified atom stereocenters. The number of nitrogens with zero attached hydrogens (tertiary/aromatic N) is 2. The maximum absolute atomic E-state index is 12.8. The Labute approximate surface area is 172 Å². The standard InChI is InChI=1S/C21H19ClN2O3S/c22-15-8-6-14(7-9-15)20-23-16(13-28-20)12-27-19-17(4-3-5-18(19)25)21(26)24-10-1-2-11-24/h3-9,13,25H,1-2,10-12H2. The Morgan fingerprint density at radius 3 is 2.68 bits per heavy atom. The maximum Gasteiger partial charge on any atom is 0.257 e. The number of aromatic nitrogens is 1. The predicted molar refractivity (Wildman–Crippen MR) is 110 cm³/mol. The zero-order chi connectivity index (χ0) is 19.5. The third-order valence-electron chi connectivity index (χ3n) is 4.63. The molecule has 5 nitrogen and oxygen atoms in total. The largest absolute Gasteiger partial charge is 0.504 e. The first-order valence-electron chi connectivity index (χ1n) is 9.06. The van der Waals surface area contributed by atoms with E-state index in [0.717, 1.165) is 42.2 Å². The van der Waals surface area contributed by atoms with Gasteiger partial charge < -0.3 is 14.7 Å². The number of carbonyl (C=O) groups excluding carboxylic acids is 1. The lowest BCUT2D eigenvalue weighted by molar-refractivity contribution is 0.0787. The number of ether oxygens (including phenoxy) is 1. The number of halogens is 1. The Bertz CT molecular complexity index is 982. The van der Waals surface area contributed by atoms with E-state index in [2.05, 4.69) is 4.98 Å². The molecule has 2 heterocycles. The van der Waals surface area contributed by atoms with Crippen molar-refractivity contribution in [1.82, 2.24) is 9.88 Å². The quantitative estimate of drug-likeness (QED) is 0.639. The van der Waals surface area contributed by atoms with E-state index in [-0.39, 0.29) is 24.0 Å². The molecule has 0 spiro atoms. The van der Waals surface area contributed by atoms with Crippen LogP contribution >= 0.6 is 22.9 Å². The SMILES string of the molecule is O=C(c1cccc(O)c1OCc1csc(-c2ccc(Cl)cc2)n1)N1CCCC1. The summed E-state index contributed by atoms with van der Waals surface area (Å²) in [5, 5.41) is 13.7. The van der Waals surface area contributed by atoms with Crippen LogP contribution in [0.4, 0.5) is 0 Å². The summed E-state index contributed by atoms with van der Waals surface area (Å²) in [6.45, 7) is 1.65. The average Bonchev–Trinajstić information content (AvgIpc) is 3.39. The number of hydrogen-bond acceptors (Lipinski definition) is 5. The summed E-state index contributed by atoms with van der Waals surface area (Å²) in [7, 11) is 0. The van der Waals surface area contributed by atoms with Crippen LogP contribution in [0.3, 0.4) is 0 Å². The molecule has 1 N–H and O–H groups in total. The van der Waals surface area contributed by atoms with Crippen molar-refractivity contribution >= 4 is 28.8 Å². The zero-order valence-corrected chi connectivity index (χ0v) is 16.7. The van der Waals surface area contributed by atoms with Gasteiger partial charge in [-0.3, -0.25) is 4.79 Å². The summed E-state index contributed by atoms with van der Waals surface area (Å²) in [6.07, 6.45) is 2.01. The maximum atomic E-state index is 12.8. The van der Waals surface area contributed by atoms with Crippen LogP contribution < -0.4 is 4.74 Å². The van der Waals surface area contributed by atoms with Gasteiger partial charge in [-0.05, 0) is 37.1 Å². The first-order chi connectivity index (χ1) is 13.6. The van der Waals surface area contributed by atoms with Crippen LogP contribution in [0, 0.1) is 0 Å². The van der Waals surface area contributed by atoms with Crippen molar-refractivity contribution in [1.29, 1.82) is 0 Å². The van der Waals surface area contributed by atoms with Crippen molar-refractivity contribution in [2.45, 2.75) is 19.4 Å². The lowest BCUT2D eigenvalue weighted by Crippen LogP contribution is -2.28. The lowest BCUT2D eigenvalue weighted by Gasteiger charge is -2.18. The summed E-state index contributed by atoms with van der Waals surface area (Å²) in [5.41, 5.74) is 2.10. The molecule has 0 aliphatic carbocycles. The highest BCUT2D eigenvalue weighted by Gasteiger charge is 2.24. The van der Waals surface area contributed by atoms with E-state index in [4.69, 9.17) is 16.3 Å². The van der Waals surface area contributed by atoms with Crippen LogP contribution in [0.15, 0.2) is 47.8 Å². The lowest BCUT2D eigenvalue weighted by atomic mass is 10.1. The second-order valence-corrected chi connectivity index (χ2v) is 7.89. The molecule has 0 atom stereocenters. The van der Waals surface area contributed by atoms with Crippen LogP contribution in [0.5, 0.6) is 11.5 Å². The number of benzene rings is 2. The van der Waals surface area contributed by atoms with Gasteiger partial charge in [-0.25, -0.2) is 4.98 Å². The molecule has 1 aliphatic heterocycles. The van der Waals surface area contributed by atoms with Crippen LogP contribution in [-0.2, 0) is 6.61 Å². The Hall–Kier alpha value is -2.57. The minimum atomic E-state index is -0.108. The minimum Gasteiger partial charge on any atom is -0.504 e. The molecule has 1 fully saturated rings. The molecule has 7 heteroatoms. The van der Waals surface area contributed by atoms with E-state index >= 15 is 0 Å². The molecule has 3 aromatic rings. The average molecular weight is 415 g/mol.